The van der Waals surface area contributed by atoms with Crippen LogP contribution in [0.2, 0.25) is 0 Å². The molecular weight excluding hydrogens is 288 g/mol. The molecule has 134 valence electrons. The van der Waals surface area contributed by atoms with Crippen LogP contribution in [0.3, 0.4) is 0 Å². The van der Waals surface area contributed by atoms with Gasteiger partial charge in [-0.1, -0.05) is 58.3 Å². The molecule has 24 heavy (non-hydrogen) atoms. The van der Waals surface area contributed by atoms with E-state index in [0.29, 0.717) is 10.8 Å². The second kappa shape index (κ2) is 5.49. The molecular formula is C24H38. The van der Waals surface area contributed by atoms with E-state index in [4.69, 9.17) is 0 Å². The zero-order chi connectivity index (χ0) is 17.3. The molecule has 0 bridgehead atoms. The fraction of sp³-hybridized carbons (Fsp3) is 0.833. The molecule has 0 radical (unpaired) electrons. The van der Waals surface area contributed by atoms with Gasteiger partial charge in [0.2, 0.25) is 0 Å². The summed E-state index contributed by atoms with van der Waals surface area (Å²) in [6.07, 6.45) is 12.4. The lowest BCUT2D eigenvalue weighted by molar-refractivity contribution is -0.0868. The van der Waals surface area contributed by atoms with Gasteiger partial charge in [0.15, 0.2) is 0 Å². The Morgan fingerprint density at radius 2 is 1.83 bits per heavy atom. The molecule has 4 aliphatic carbocycles. The maximum atomic E-state index is 2.73. The minimum absolute atomic E-state index is 0.554. The molecule has 0 heterocycles. The van der Waals surface area contributed by atoms with Crippen LogP contribution >= 0.6 is 0 Å². The normalized spacial score (nSPS) is 50.9. The van der Waals surface area contributed by atoms with Crippen molar-refractivity contribution in [2.75, 3.05) is 0 Å². The summed E-state index contributed by atoms with van der Waals surface area (Å²) in [4.78, 5) is 0. The van der Waals surface area contributed by atoms with E-state index in [1.54, 1.807) is 11.1 Å². The van der Waals surface area contributed by atoms with E-state index in [1.165, 1.54) is 44.9 Å². The summed E-state index contributed by atoms with van der Waals surface area (Å²) in [6.45, 7) is 15.4. The minimum atomic E-state index is 0.554. The van der Waals surface area contributed by atoms with E-state index in [0.717, 1.165) is 29.6 Å². The zero-order valence-electron chi connectivity index (χ0n) is 16.9. The molecule has 7 atom stereocenters. The second-order valence-corrected chi connectivity index (χ2v) is 10.2. The lowest BCUT2D eigenvalue weighted by Crippen LogP contribution is -2.52. The molecule has 0 heteroatoms. The van der Waals surface area contributed by atoms with E-state index in [9.17, 15) is 0 Å². The van der Waals surface area contributed by atoms with E-state index in [-0.39, 0.29) is 0 Å². The molecule has 2 saturated carbocycles. The smallest absolute Gasteiger partial charge is 0.0163 e. The summed E-state index contributed by atoms with van der Waals surface area (Å²) in [5, 5.41) is 0. The predicted octanol–water partition coefficient (Wildman–Crippen LogP) is 7.17. The van der Waals surface area contributed by atoms with Gasteiger partial charge in [-0.15, -0.1) is 0 Å². The highest BCUT2D eigenvalue weighted by Crippen LogP contribution is 2.73. The van der Waals surface area contributed by atoms with E-state index >= 15 is 0 Å². The summed E-state index contributed by atoms with van der Waals surface area (Å²) in [7, 11) is 0. The third-order valence-electron chi connectivity index (χ3n) is 9.89. The van der Waals surface area contributed by atoms with Gasteiger partial charge in [0.05, 0.1) is 0 Å². The molecule has 0 amide bonds. The van der Waals surface area contributed by atoms with Crippen molar-refractivity contribution in [1.29, 1.82) is 0 Å². The van der Waals surface area contributed by atoms with Gasteiger partial charge in [-0.05, 0) is 91.4 Å². The average molecular weight is 327 g/mol. The average Bonchev–Trinajstić information content (AvgIpc) is 2.71. The van der Waals surface area contributed by atoms with E-state index in [1.807, 2.05) is 5.57 Å². The molecule has 4 aliphatic rings. The van der Waals surface area contributed by atoms with Crippen LogP contribution in [0.5, 0.6) is 0 Å². The predicted molar refractivity (Wildman–Crippen MR) is 104 cm³/mol. The Labute approximate surface area is 150 Å². The van der Waals surface area contributed by atoms with Crippen molar-refractivity contribution >= 4 is 0 Å². The van der Waals surface area contributed by atoms with Gasteiger partial charge in [0.25, 0.3) is 0 Å². The standard InChI is InChI=1S/C24H38/c1-7-21-16(3)17(4)23(5)13-12-20-19-10-8-15(2)14-18(19)9-11-22(20)24(21,23)6/h14,16-17,20-22H,7-13H2,1-6H3. The number of fused-ring (bicyclic) bond motifs is 4. The molecule has 0 aromatic carbocycles. The van der Waals surface area contributed by atoms with Crippen LogP contribution in [-0.4, -0.2) is 0 Å². The van der Waals surface area contributed by atoms with Crippen LogP contribution < -0.4 is 0 Å². The third-order valence-corrected chi connectivity index (χ3v) is 9.89. The Morgan fingerprint density at radius 1 is 1.08 bits per heavy atom. The summed E-state index contributed by atoms with van der Waals surface area (Å²) >= 11 is 0. The van der Waals surface area contributed by atoms with Gasteiger partial charge in [-0.2, -0.15) is 0 Å². The highest BCUT2D eigenvalue weighted by Gasteiger charge is 2.66. The van der Waals surface area contributed by atoms with Crippen LogP contribution in [-0.2, 0) is 0 Å². The monoisotopic (exact) mass is 326 g/mol. The van der Waals surface area contributed by atoms with E-state index in [2.05, 4.69) is 47.6 Å². The lowest BCUT2D eigenvalue weighted by atomic mass is 9.45. The van der Waals surface area contributed by atoms with Crippen molar-refractivity contribution in [3.63, 3.8) is 0 Å². The van der Waals surface area contributed by atoms with Crippen LogP contribution in [0.15, 0.2) is 22.8 Å². The van der Waals surface area contributed by atoms with Crippen molar-refractivity contribution in [1.82, 2.24) is 0 Å². The second-order valence-electron chi connectivity index (χ2n) is 10.2. The first-order chi connectivity index (χ1) is 11.3. The fourth-order valence-electron chi connectivity index (χ4n) is 8.29. The highest BCUT2D eigenvalue weighted by atomic mass is 14.7. The third kappa shape index (κ3) is 1.92. The van der Waals surface area contributed by atoms with Gasteiger partial charge in [-0.25, -0.2) is 0 Å². The Kier molecular flexibility index (Phi) is 3.87. The van der Waals surface area contributed by atoms with Gasteiger partial charge < -0.3 is 0 Å². The molecule has 0 aromatic rings. The van der Waals surface area contributed by atoms with Gasteiger partial charge >= 0.3 is 0 Å². The molecule has 0 spiro atoms. The van der Waals surface area contributed by atoms with Gasteiger partial charge in [0, 0.05) is 0 Å². The SMILES string of the molecule is CCC1C(C)C(C)C2(C)CCC3C4=C(C=C(C)CC4)CCC3C12C. The molecule has 0 nitrogen and oxygen atoms in total. The molecule has 0 saturated heterocycles. The first-order valence-electron chi connectivity index (χ1n) is 10.7. The highest BCUT2D eigenvalue weighted by molar-refractivity contribution is 5.38. The van der Waals surface area contributed by atoms with Crippen molar-refractivity contribution in [3.8, 4) is 0 Å². The fourth-order valence-corrected chi connectivity index (χ4v) is 8.29. The summed E-state index contributed by atoms with van der Waals surface area (Å²) in [5.74, 6) is 4.56. The van der Waals surface area contributed by atoms with Crippen molar-refractivity contribution in [3.05, 3.63) is 22.8 Å². The molecule has 0 aromatic heterocycles. The first kappa shape index (κ1) is 16.9. The molecule has 2 fully saturated rings. The number of hydrogen-bond donors (Lipinski definition) is 0. The number of rotatable bonds is 1. The molecule has 0 N–H and O–H groups in total. The Hall–Kier alpha value is -0.520. The Morgan fingerprint density at radius 3 is 2.54 bits per heavy atom. The molecule has 7 unspecified atom stereocenters. The number of allylic oxidation sites excluding steroid dienone is 4. The maximum absolute atomic E-state index is 2.73. The minimum Gasteiger partial charge on any atom is -0.0727 e. The lowest BCUT2D eigenvalue weighted by Gasteiger charge is -2.60. The Bertz CT molecular complexity index is 593. The van der Waals surface area contributed by atoms with Crippen molar-refractivity contribution < 1.29 is 0 Å². The maximum Gasteiger partial charge on any atom is -0.0163 e. The van der Waals surface area contributed by atoms with Crippen LogP contribution in [0.4, 0.5) is 0 Å². The first-order valence-corrected chi connectivity index (χ1v) is 10.7. The van der Waals surface area contributed by atoms with Crippen LogP contribution in [0.25, 0.3) is 0 Å². The Balaban J connectivity index is 1.78. The van der Waals surface area contributed by atoms with Crippen LogP contribution in [0.1, 0.15) is 86.5 Å². The van der Waals surface area contributed by atoms with Crippen molar-refractivity contribution in [2.24, 2.45) is 40.4 Å². The number of hydrogen-bond acceptors (Lipinski definition) is 0. The van der Waals surface area contributed by atoms with Gasteiger partial charge in [0.1, 0.15) is 0 Å². The summed E-state index contributed by atoms with van der Waals surface area (Å²) < 4.78 is 0. The summed E-state index contributed by atoms with van der Waals surface area (Å²) in [5.41, 5.74) is 6.38. The van der Waals surface area contributed by atoms with Gasteiger partial charge in [-0.3, -0.25) is 0 Å². The summed E-state index contributed by atoms with van der Waals surface area (Å²) in [6, 6.07) is 0. The molecule has 4 rings (SSSR count). The quantitative estimate of drug-likeness (QED) is 0.479. The van der Waals surface area contributed by atoms with E-state index < -0.39 is 0 Å². The van der Waals surface area contributed by atoms with Crippen LogP contribution in [0, 0.1) is 40.4 Å². The topological polar surface area (TPSA) is 0 Å². The molecule has 0 aliphatic heterocycles. The zero-order valence-corrected chi connectivity index (χ0v) is 16.9. The largest absolute Gasteiger partial charge is 0.0727 e. The van der Waals surface area contributed by atoms with Crippen molar-refractivity contribution in [2.45, 2.75) is 86.5 Å².